The zero-order valence-electron chi connectivity index (χ0n) is 24.2. The van der Waals surface area contributed by atoms with Crippen LogP contribution in [-0.4, -0.2) is 3.21 Å². The van der Waals surface area contributed by atoms with E-state index in [-0.39, 0.29) is 0 Å². The molecule has 0 N–H and O–H groups in total. The van der Waals surface area contributed by atoms with Crippen molar-refractivity contribution in [3.8, 4) is 0 Å². The maximum Gasteiger partial charge on any atom is -0.0461 e. The molecule has 0 aliphatic heterocycles. The minimum absolute atomic E-state index is 0.944. The Labute approximate surface area is 257 Å². The van der Waals surface area contributed by atoms with Gasteiger partial charge in [0.2, 0.25) is 0 Å². The van der Waals surface area contributed by atoms with Crippen LogP contribution in [0.15, 0.2) is 72.8 Å². The molecule has 214 valence electrons. The molecule has 0 unspecified atom stereocenters. The number of rotatable bonds is 4. The van der Waals surface area contributed by atoms with Gasteiger partial charge in [-0.25, -0.2) is 0 Å². The fraction of sp³-hybridized carbons (Fsp3) is 0.486. The van der Waals surface area contributed by atoms with Gasteiger partial charge in [-0.3, -0.25) is 0 Å². The van der Waals surface area contributed by atoms with E-state index in [2.05, 4.69) is 72.8 Å². The van der Waals surface area contributed by atoms with Gasteiger partial charge < -0.3 is 0 Å². The van der Waals surface area contributed by atoms with E-state index in [1.54, 1.807) is 11.1 Å². The Morgan fingerprint density at radius 3 is 1.40 bits per heavy atom. The average molecular weight is 653 g/mol. The molecule has 3 fully saturated rings. The van der Waals surface area contributed by atoms with Gasteiger partial charge >= 0.3 is 64.8 Å². The molecule has 0 bridgehead atoms. The molecule has 7 rings (SSSR count). The molecule has 0 radical (unpaired) electrons. The second-order valence-corrected chi connectivity index (χ2v) is 21.0. The van der Waals surface area contributed by atoms with Crippen LogP contribution in [0.4, 0.5) is 0 Å². The van der Waals surface area contributed by atoms with Crippen LogP contribution < -0.4 is 0 Å². The summed E-state index contributed by atoms with van der Waals surface area (Å²) < 4.78 is 1.52. The monoisotopic (exact) mass is 650 g/mol. The summed E-state index contributed by atoms with van der Waals surface area (Å²) in [7, 11) is 11.6. The summed E-state index contributed by atoms with van der Waals surface area (Å²) in [5.74, 6) is 1.89. The second kappa shape index (κ2) is 16.0. The quantitative estimate of drug-likeness (QED) is 0.193. The molecule has 0 heterocycles. The first-order valence-corrected chi connectivity index (χ1v) is 23.5. The SMILES string of the molecule is [Cl][Zr]([Cl])=[C]1CCCC1.c1ccc2c(CC3CCCCC3)c[cH-]c2c1.c1ccc2c(CC3CCCCC3)c[cH-]c2c1. The molecular weight excluding hydrogens is 607 g/mol. The maximum atomic E-state index is 5.81. The van der Waals surface area contributed by atoms with Crippen molar-refractivity contribution in [3.63, 3.8) is 0 Å². The average Bonchev–Trinajstić information content (AvgIpc) is 3.77. The molecule has 0 spiro atoms. The van der Waals surface area contributed by atoms with Crippen molar-refractivity contribution in [2.45, 2.75) is 103 Å². The predicted octanol–water partition coefficient (Wildman–Crippen LogP) is 12.0. The first-order chi connectivity index (χ1) is 19.7. The Kier molecular flexibility index (Phi) is 12.2. The number of hydrogen-bond donors (Lipinski definition) is 0. The van der Waals surface area contributed by atoms with Crippen LogP contribution in [0.2, 0.25) is 0 Å². The van der Waals surface area contributed by atoms with Crippen LogP contribution >= 0.6 is 17.0 Å². The Bertz CT molecular complexity index is 1240. The standard InChI is InChI=1S/2C16H19.C5H8.2ClH.Zr/c2*1-2-6-13(7-3-1)12-15-11-10-14-8-4-5-9-16(14)15;1-2-4-5-3-1;;;/h2*4-5,8-11,13H,1-3,6-7,12H2;1-4H2;2*1H;/q2*-1;;;;+2/p-2. The first-order valence-electron chi connectivity index (χ1n) is 16.0. The summed E-state index contributed by atoms with van der Waals surface area (Å²) in [6.07, 6.45) is 22.2. The third-order valence-corrected chi connectivity index (χ3v) is 15.2. The van der Waals surface area contributed by atoms with Crippen molar-refractivity contribution in [1.29, 1.82) is 0 Å². The van der Waals surface area contributed by atoms with Crippen molar-refractivity contribution in [1.82, 2.24) is 0 Å². The normalized spacial score (nSPS) is 18.3. The molecule has 3 heteroatoms. The van der Waals surface area contributed by atoms with Crippen LogP contribution in [-0.2, 0) is 31.7 Å². The molecule has 0 nitrogen and oxygen atoms in total. The molecule has 3 saturated carbocycles. The Morgan fingerprint density at radius 2 is 1.00 bits per heavy atom. The molecule has 3 aliphatic carbocycles. The summed E-state index contributed by atoms with van der Waals surface area (Å²) in [5.41, 5.74) is 3.14. The number of hydrogen-bond acceptors (Lipinski definition) is 0. The number of fused-ring (bicyclic) bond motifs is 2. The number of halogens is 2. The fourth-order valence-electron chi connectivity index (χ4n) is 7.18. The van der Waals surface area contributed by atoms with Gasteiger partial charge in [0, 0.05) is 0 Å². The van der Waals surface area contributed by atoms with Crippen LogP contribution in [0.25, 0.3) is 21.5 Å². The Balaban J connectivity index is 0.000000128. The van der Waals surface area contributed by atoms with Crippen molar-refractivity contribution in [3.05, 3.63) is 83.9 Å². The van der Waals surface area contributed by atoms with Gasteiger partial charge in [-0.1, -0.05) is 89.2 Å². The smallest absolute Gasteiger partial charge is 0.0461 e. The minimum Gasteiger partial charge on any atom is -0.153 e. The molecule has 0 aromatic heterocycles. The summed E-state index contributed by atoms with van der Waals surface area (Å²) >= 11 is -1.85. The fourth-order valence-corrected chi connectivity index (χ4v) is 11.2. The zero-order valence-corrected chi connectivity index (χ0v) is 28.1. The third-order valence-electron chi connectivity index (χ3n) is 9.48. The summed E-state index contributed by atoms with van der Waals surface area (Å²) in [6, 6.07) is 26.8. The van der Waals surface area contributed by atoms with E-state index < -0.39 is 18.9 Å². The van der Waals surface area contributed by atoms with Gasteiger partial charge in [0.25, 0.3) is 0 Å². The summed E-state index contributed by atoms with van der Waals surface area (Å²) in [5, 5.41) is 5.78. The van der Waals surface area contributed by atoms with Crippen molar-refractivity contribution in [2.24, 2.45) is 11.8 Å². The first kappa shape index (κ1) is 30.5. The van der Waals surface area contributed by atoms with Crippen molar-refractivity contribution >= 4 is 41.8 Å². The van der Waals surface area contributed by atoms with Gasteiger partial charge in [-0.15, -0.1) is 82.2 Å². The van der Waals surface area contributed by atoms with Crippen LogP contribution in [0.3, 0.4) is 0 Å². The van der Waals surface area contributed by atoms with Gasteiger partial charge in [0.1, 0.15) is 0 Å². The molecule has 0 saturated heterocycles. The largest absolute Gasteiger partial charge is 0.153 e. The molecule has 4 aromatic rings. The van der Waals surface area contributed by atoms with Gasteiger partial charge in [0.05, 0.1) is 0 Å². The molecular formula is C37H46Cl2Zr-2. The van der Waals surface area contributed by atoms with Gasteiger partial charge in [-0.05, 0) is 11.8 Å². The Morgan fingerprint density at radius 1 is 0.575 bits per heavy atom. The maximum absolute atomic E-state index is 5.81. The second-order valence-electron chi connectivity index (χ2n) is 12.4. The van der Waals surface area contributed by atoms with E-state index in [0.29, 0.717) is 0 Å². The molecule has 0 amide bonds. The van der Waals surface area contributed by atoms with E-state index in [4.69, 9.17) is 17.0 Å². The van der Waals surface area contributed by atoms with E-state index >= 15 is 0 Å². The predicted molar refractivity (Wildman–Crippen MR) is 175 cm³/mol. The van der Waals surface area contributed by atoms with Gasteiger partial charge in [-0.2, -0.15) is 11.1 Å². The minimum atomic E-state index is -1.85. The van der Waals surface area contributed by atoms with Crippen LogP contribution in [0, 0.1) is 11.8 Å². The van der Waals surface area contributed by atoms with Crippen LogP contribution in [0.5, 0.6) is 0 Å². The summed E-state index contributed by atoms with van der Waals surface area (Å²) in [6.45, 7) is 0. The molecule has 3 aliphatic rings. The van der Waals surface area contributed by atoms with E-state index in [0.717, 1.165) is 11.8 Å². The topological polar surface area (TPSA) is 0 Å². The Hall–Kier alpha value is -1.01. The zero-order chi connectivity index (χ0) is 27.6. The number of benzene rings is 2. The van der Waals surface area contributed by atoms with Gasteiger partial charge in [0.15, 0.2) is 0 Å². The van der Waals surface area contributed by atoms with E-state index in [1.165, 1.54) is 127 Å². The third kappa shape index (κ3) is 8.75. The molecule has 0 atom stereocenters. The molecule has 40 heavy (non-hydrogen) atoms. The van der Waals surface area contributed by atoms with Crippen molar-refractivity contribution in [2.75, 3.05) is 0 Å². The van der Waals surface area contributed by atoms with E-state index in [9.17, 15) is 0 Å². The molecule has 4 aromatic carbocycles. The summed E-state index contributed by atoms with van der Waals surface area (Å²) in [4.78, 5) is 0. The van der Waals surface area contributed by atoms with Crippen molar-refractivity contribution < 1.29 is 18.9 Å². The van der Waals surface area contributed by atoms with Crippen LogP contribution in [0.1, 0.15) is 101 Å². The van der Waals surface area contributed by atoms with E-state index in [1.807, 2.05) is 0 Å².